The summed E-state index contributed by atoms with van der Waals surface area (Å²) < 4.78 is 26.4. The lowest BCUT2D eigenvalue weighted by atomic mass is 10.2. The van der Waals surface area contributed by atoms with Gasteiger partial charge in [-0.1, -0.05) is 19.9 Å². The number of carbonyl (C=O) groups is 1. The molecular weight excluding hydrogens is 314 g/mol. The molecule has 23 heavy (non-hydrogen) atoms. The number of hydrogen-bond donors (Lipinski definition) is 1. The van der Waals surface area contributed by atoms with Gasteiger partial charge in [-0.3, -0.25) is 9.78 Å². The lowest BCUT2D eigenvalue weighted by Crippen LogP contribution is -2.30. The van der Waals surface area contributed by atoms with Crippen molar-refractivity contribution in [1.29, 1.82) is 0 Å². The third-order valence-electron chi connectivity index (χ3n) is 3.38. The molecule has 0 atom stereocenters. The number of nitrogens with zero attached hydrogens (tertiary/aromatic N) is 2. The minimum absolute atomic E-state index is 0.114. The third-order valence-corrected chi connectivity index (χ3v) is 5.42. The summed E-state index contributed by atoms with van der Waals surface area (Å²) in [4.78, 5) is 16.3. The Morgan fingerprint density at radius 2 is 1.78 bits per heavy atom. The zero-order valence-corrected chi connectivity index (χ0v) is 13.9. The number of hydrogen-bond acceptors (Lipinski definition) is 4. The molecule has 0 saturated heterocycles. The highest BCUT2D eigenvalue weighted by Gasteiger charge is 2.22. The number of rotatable bonds is 6. The van der Waals surface area contributed by atoms with Gasteiger partial charge in [0.15, 0.2) is 0 Å². The molecule has 0 radical (unpaired) electrons. The number of anilines is 1. The molecule has 6 nitrogen and oxygen atoms in total. The van der Waals surface area contributed by atoms with Gasteiger partial charge in [-0.05, 0) is 30.3 Å². The van der Waals surface area contributed by atoms with Crippen LogP contribution in [0.2, 0.25) is 0 Å². The fourth-order valence-electron chi connectivity index (χ4n) is 2.15. The third kappa shape index (κ3) is 3.94. The van der Waals surface area contributed by atoms with Gasteiger partial charge in [-0.15, -0.1) is 0 Å². The van der Waals surface area contributed by atoms with Crippen molar-refractivity contribution in [3.63, 3.8) is 0 Å². The van der Waals surface area contributed by atoms with Crippen LogP contribution in [0.4, 0.5) is 5.69 Å². The van der Waals surface area contributed by atoms with Gasteiger partial charge in [0, 0.05) is 36.7 Å². The van der Waals surface area contributed by atoms with Crippen LogP contribution >= 0.6 is 0 Å². The van der Waals surface area contributed by atoms with Crippen molar-refractivity contribution < 1.29 is 13.2 Å². The second kappa shape index (κ2) is 7.34. The number of sulfonamides is 1. The predicted molar refractivity (Wildman–Crippen MR) is 88.7 cm³/mol. The average Bonchev–Trinajstić information content (AvgIpc) is 2.57. The summed E-state index contributed by atoms with van der Waals surface area (Å²) in [5, 5.41) is 2.71. The van der Waals surface area contributed by atoms with Gasteiger partial charge in [-0.2, -0.15) is 4.31 Å². The molecule has 122 valence electrons. The quantitative estimate of drug-likeness (QED) is 0.880. The maximum atomic E-state index is 12.5. The fraction of sp³-hybridized carbons (Fsp3) is 0.250. The Kier molecular flexibility index (Phi) is 5.46. The van der Waals surface area contributed by atoms with Crippen LogP contribution in [0.1, 0.15) is 24.2 Å². The number of aromatic nitrogens is 1. The SMILES string of the molecule is CCN(CC)S(=O)(=O)c1cccc(C(=O)Nc2ccncc2)c1. The number of amides is 1. The van der Waals surface area contributed by atoms with Crippen molar-refractivity contribution >= 4 is 21.6 Å². The molecule has 0 aliphatic heterocycles. The van der Waals surface area contributed by atoms with Gasteiger partial charge in [0.1, 0.15) is 0 Å². The lowest BCUT2D eigenvalue weighted by molar-refractivity contribution is 0.102. The van der Waals surface area contributed by atoms with Crippen molar-refractivity contribution in [3.05, 3.63) is 54.4 Å². The van der Waals surface area contributed by atoms with Gasteiger partial charge in [0.2, 0.25) is 10.0 Å². The molecule has 1 amide bonds. The molecular formula is C16H19N3O3S. The summed E-state index contributed by atoms with van der Waals surface area (Å²) in [6, 6.07) is 9.36. The minimum atomic E-state index is -3.59. The van der Waals surface area contributed by atoms with Crippen molar-refractivity contribution in [1.82, 2.24) is 9.29 Å². The van der Waals surface area contributed by atoms with Crippen LogP contribution in [0.15, 0.2) is 53.7 Å². The minimum Gasteiger partial charge on any atom is -0.322 e. The van der Waals surface area contributed by atoms with Crippen molar-refractivity contribution in [3.8, 4) is 0 Å². The maximum Gasteiger partial charge on any atom is 0.255 e. The van der Waals surface area contributed by atoms with E-state index in [1.54, 1.807) is 50.5 Å². The number of carbonyl (C=O) groups excluding carboxylic acids is 1. The van der Waals surface area contributed by atoms with E-state index in [1.807, 2.05) is 0 Å². The summed E-state index contributed by atoms with van der Waals surface area (Å²) >= 11 is 0. The molecule has 7 heteroatoms. The summed E-state index contributed by atoms with van der Waals surface area (Å²) in [5.41, 5.74) is 0.886. The van der Waals surface area contributed by atoms with Gasteiger partial charge in [0.05, 0.1) is 4.90 Å². The Labute approximate surface area is 136 Å². The normalized spacial score (nSPS) is 11.4. The van der Waals surface area contributed by atoms with E-state index in [0.717, 1.165) is 0 Å². The molecule has 1 N–H and O–H groups in total. The van der Waals surface area contributed by atoms with Crippen molar-refractivity contribution in [2.75, 3.05) is 18.4 Å². The smallest absolute Gasteiger partial charge is 0.255 e. The summed E-state index contributed by atoms with van der Waals surface area (Å²) in [6.45, 7) is 4.32. The van der Waals surface area contributed by atoms with E-state index >= 15 is 0 Å². The van der Waals surface area contributed by atoms with Gasteiger partial charge < -0.3 is 5.32 Å². The molecule has 0 bridgehead atoms. The Bertz CT molecular complexity index is 772. The zero-order valence-electron chi connectivity index (χ0n) is 13.1. The molecule has 0 spiro atoms. The summed E-state index contributed by atoms with van der Waals surface area (Å²) in [5.74, 6) is -0.368. The molecule has 1 aromatic carbocycles. The van der Waals surface area contributed by atoms with Crippen molar-refractivity contribution in [2.24, 2.45) is 0 Å². The van der Waals surface area contributed by atoms with Crippen molar-refractivity contribution in [2.45, 2.75) is 18.7 Å². The first-order valence-electron chi connectivity index (χ1n) is 7.30. The van der Waals surface area contributed by atoms with Gasteiger partial charge >= 0.3 is 0 Å². The first kappa shape index (κ1) is 17.1. The van der Waals surface area contributed by atoms with E-state index in [-0.39, 0.29) is 16.4 Å². The van der Waals surface area contributed by atoms with Gasteiger partial charge in [0.25, 0.3) is 5.91 Å². The maximum absolute atomic E-state index is 12.5. The Hall–Kier alpha value is -2.25. The van der Waals surface area contributed by atoms with Crippen LogP contribution < -0.4 is 5.32 Å². The highest BCUT2D eigenvalue weighted by molar-refractivity contribution is 7.89. The molecule has 0 fully saturated rings. The van der Waals surface area contributed by atoms with E-state index in [4.69, 9.17) is 0 Å². The predicted octanol–water partition coefficient (Wildman–Crippen LogP) is 2.36. The molecule has 1 heterocycles. The molecule has 0 aliphatic carbocycles. The van der Waals surface area contributed by atoms with Crippen LogP contribution in [-0.4, -0.2) is 36.7 Å². The first-order chi connectivity index (χ1) is 11.0. The molecule has 0 aliphatic rings. The van der Waals surface area contributed by atoms with E-state index in [2.05, 4.69) is 10.3 Å². The standard InChI is InChI=1S/C16H19N3O3S/c1-3-19(4-2)23(21,22)15-7-5-6-13(12-15)16(20)18-14-8-10-17-11-9-14/h5-12H,3-4H2,1-2H3,(H,17,18,20). The van der Waals surface area contributed by atoms with Crippen LogP contribution in [0, 0.1) is 0 Å². The van der Waals surface area contributed by atoms with Gasteiger partial charge in [-0.25, -0.2) is 8.42 Å². The Morgan fingerprint density at radius 3 is 2.39 bits per heavy atom. The number of nitrogens with one attached hydrogen (secondary N) is 1. The van der Waals surface area contributed by atoms with Crippen LogP contribution in [-0.2, 0) is 10.0 Å². The van der Waals surface area contributed by atoms with Crippen LogP contribution in [0.5, 0.6) is 0 Å². The Balaban J connectivity index is 2.28. The highest BCUT2D eigenvalue weighted by Crippen LogP contribution is 2.17. The van der Waals surface area contributed by atoms with E-state index in [9.17, 15) is 13.2 Å². The van der Waals surface area contributed by atoms with Crippen LogP contribution in [0.3, 0.4) is 0 Å². The first-order valence-corrected chi connectivity index (χ1v) is 8.74. The Morgan fingerprint density at radius 1 is 1.13 bits per heavy atom. The highest BCUT2D eigenvalue weighted by atomic mass is 32.2. The molecule has 0 saturated carbocycles. The molecule has 2 aromatic rings. The van der Waals surface area contributed by atoms with Crippen LogP contribution in [0.25, 0.3) is 0 Å². The molecule has 1 aromatic heterocycles. The fourth-order valence-corrected chi connectivity index (χ4v) is 3.65. The molecule has 2 rings (SSSR count). The number of pyridine rings is 1. The summed E-state index contributed by atoms with van der Waals surface area (Å²) in [7, 11) is -3.59. The second-order valence-corrected chi connectivity index (χ2v) is 6.75. The topological polar surface area (TPSA) is 79.4 Å². The lowest BCUT2D eigenvalue weighted by Gasteiger charge is -2.18. The summed E-state index contributed by atoms with van der Waals surface area (Å²) in [6.07, 6.45) is 3.13. The largest absolute Gasteiger partial charge is 0.322 e. The number of benzene rings is 1. The second-order valence-electron chi connectivity index (χ2n) is 4.81. The van der Waals surface area contributed by atoms with E-state index in [1.165, 1.54) is 16.4 Å². The average molecular weight is 333 g/mol. The zero-order chi connectivity index (χ0) is 16.9. The molecule has 0 unspecified atom stereocenters. The monoisotopic (exact) mass is 333 g/mol. The van der Waals surface area contributed by atoms with E-state index < -0.39 is 10.0 Å². The van der Waals surface area contributed by atoms with E-state index in [0.29, 0.717) is 18.8 Å².